The van der Waals surface area contributed by atoms with Crippen LogP contribution in [0.5, 0.6) is 0 Å². The molecule has 0 aliphatic carbocycles. The van der Waals surface area contributed by atoms with E-state index in [0.717, 1.165) is 27.6 Å². The van der Waals surface area contributed by atoms with Crippen molar-refractivity contribution in [3.63, 3.8) is 0 Å². The van der Waals surface area contributed by atoms with Gasteiger partial charge < -0.3 is 13.9 Å². The van der Waals surface area contributed by atoms with Crippen LogP contribution in [-0.2, 0) is 13.1 Å². The second-order valence-corrected chi connectivity index (χ2v) is 7.26. The number of aromatic nitrogens is 5. The van der Waals surface area contributed by atoms with Gasteiger partial charge in [0.15, 0.2) is 5.69 Å². The fourth-order valence-electron chi connectivity index (χ4n) is 3.23. The first-order valence-corrected chi connectivity index (χ1v) is 9.71. The van der Waals surface area contributed by atoms with E-state index in [-0.39, 0.29) is 11.6 Å². The molecule has 0 fully saturated rings. The number of carbonyl (C=O) groups is 1. The lowest BCUT2D eigenvalue weighted by Gasteiger charge is -2.15. The van der Waals surface area contributed by atoms with Crippen LogP contribution >= 0.6 is 11.7 Å². The first-order chi connectivity index (χ1) is 14.2. The van der Waals surface area contributed by atoms with Gasteiger partial charge in [0, 0.05) is 13.6 Å². The van der Waals surface area contributed by atoms with Crippen molar-refractivity contribution in [2.75, 3.05) is 7.05 Å². The Kier molecular flexibility index (Phi) is 4.28. The van der Waals surface area contributed by atoms with Gasteiger partial charge in [-0.3, -0.25) is 4.79 Å². The molecule has 1 amide bonds. The third-order valence-electron chi connectivity index (χ3n) is 4.69. The number of carbonyl (C=O) groups excluding carboxylic acids is 1. The third-order valence-corrected chi connectivity index (χ3v) is 5.25. The zero-order valence-corrected chi connectivity index (χ0v) is 16.3. The van der Waals surface area contributed by atoms with Gasteiger partial charge in [-0.15, -0.1) is 0 Å². The molecule has 0 radical (unpaired) electrons. The summed E-state index contributed by atoms with van der Waals surface area (Å²) in [7, 11) is 1.74. The van der Waals surface area contributed by atoms with Crippen molar-refractivity contribution >= 4 is 39.7 Å². The van der Waals surface area contributed by atoms with Gasteiger partial charge in [-0.1, -0.05) is 18.2 Å². The van der Waals surface area contributed by atoms with Gasteiger partial charge in [0.2, 0.25) is 5.89 Å². The van der Waals surface area contributed by atoms with Crippen molar-refractivity contribution in [3.8, 4) is 0 Å². The highest BCUT2D eigenvalue weighted by atomic mass is 32.1. The molecule has 0 N–H and O–H groups in total. The van der Waals surface area contributed by atoms with Gasteiger partial charge in [0.1, 0.15) is 23.8 Å². The Bertz CT molecular complexity index is 1320. The number of oxazole rings is 1. The molecule has 144 valence electrons. The van der Waals surface area contributed by atoms with Crippen LogP contribution in [-0.4, -0.2) is 41.1 Å². The Morgan fingerprint density at radius 2 is 2.00 bits per heavy atom. The Morgan fingerprint density at radius 1 is 1.14 bits per heavy atom. The number of amides is 1. The van der Waals surface area contributed by atoms with Crippen LogP contribution in [0, 0.1) is 0 Å². The summed E-state index contributed by atoms with van der Waals surface area (Å²) in [4.78, 5) is 23.1. The molecule has 0 unspecified atom stereocenters. The lowest BCUT2D eigenvalue weighted by atomic mass is 10.2. The SMILES string of the molecule is CN(Cc1ccc2nsnc2c1)C(=O)c1coc(Cn2cnc3ccccc32)n1. The molecule has 9 heteroatoms. The Hall–Kier alpha value is -3.59. The van der Waals surface area contributed by atoms with Gasteiger partial charge >= 0.3 is 0 Å². The molecule has 0 aliphatic heterocycles. The Labute approximate surface area is 169 Å². The average Bonchev–Trinajstić information content (AvgIpc) is 3.47. The van der Waals surface area contributed by atoms with E-state index >= 15 is 0 Å². The molecule has 0 aliphatic rings. The van der Waals surface area contributed by atoms with E-state index < -0.39 is 0 Å². The smallest absolute Gasteiger partial charge is 0.275 e. The largest absolute Gasteiger partial charge is 0.446 e. The molecular formula is C20H16N6O2S. The maximum Gasteiger partial charge on any atom is 0.275 e. The van der Waals surface area contributed by atoms with E-state index in [1.165, 1.54) is 18.0 Å². The van der Waals surface area contributed by atoms with Crippen LogP contribution in [0.1, 0.15) is 21.9 Å². The monoisotopic (exact) mass is 404 g/mol. The molecule has 5 rings (SSSR count). The first-order valence-electron chi connectivity index (χ1n) is 8.98. The number of nitrogens with zero attached hydrogens (tertiary/aromatic N) is 6. The minimum atomic E-state index is -0.202. The molecule has 0 saturated heterocycles. The topological polar surface area (TPSA) is 89.9 Å². The number of hydrogen-bond acceptors (Lipinski definition) is 7. The zero-order chi connectivity index (χ0) is 19.8. The van der Waals surface area contributed by atoms with Gasteiger partial charge in [0.05, 0.1) is 29.1 Å². The van der Waals surface area contributed by atoms with Gasteiger partial charge in [0.25, 0.3) is 5.91 Å². The number of hydrogen-bond donors (Lipinski definition) is 0. The molecular weight excluding hydrogens is 388 g/mol. The van der Waals surface area contributed by atoms with E-state index in [0.29, 0.717) is 19.0 Å². The van der Waals surface area contributed by atoms with Crippen LogP contribution in [0.4, 0.5) is 0 Å². The highest BCUT2D eigenvalue weighted by Gasteiger charge is 2.18. The lowest BCUT2D eigenvalue weighted by Crippen LogP contribution is -2.26. The van der Waals surface area contributed by atoms with Crippen molar-refractivity contribution < 1.29 is 9.21 Å². The summed E-state index contributed by atoms with van der Waals surface area (Å²) in [5.74, 6) is 0.256. The zero-order valence-electron chi connectivity index (χ0n) is 15.5. The standard InChI is InChI=1S/C20H16N6O2S/c1-25(9-13-6-7-14-16(8-13)24-29-23-14)20(27)17-11-28-19(22-17)10-26-12-21-15-4-2-3-5-18(15)26/h2-8,11-12H,9-10H2,1H3. The van der Waals surface area contributed by atoms with Crippen LogP contribution in [0.15, 0.2) is 59.5 Å². The third kappa shape index (κ3) is 3.36. The van der Waals surface area contributed by atoms with Crippen molar-refractivity contribution in [1.82, 2.24) is 28.2 Å². The molecule has 29 heavy (non-hydrogen) atoms. The Morgan fingerprint density at radius 3 is 2.93 bits per heavy atom. The van der Waals surface area contributed by atoms with Crippen molar-refractivity contribution in [2.45, 2.75) is 13.1 Å². The van der Waals surface area contributed by atoms with Crippen LogP contribution in [0.25, 0.3) is 22.1 Å². The number of rotatable bonds is 5. The second-order valence-electron chi connectivity index (χ2n) is 6.74. The number of imidazole rings is 1. The van der Waals surface area contributed by atoms with E-state index in [1.807, 2.05) is 47.0 Å². The molecule has 3 aromatic heterocycles. The lowest BCUT2D eigenvalue weighted by molar-refractivity contribution is 0.0779. The number of benzene rings is 2. The van der Waals surface area contributed by atoms with Crippen molar-refractivity contribution in [2.24, 2.45) is 0 Å². The summed E-state index contributed by atoms with van der Waals surface area (Å²) in [6.07, 6.45) is 3.15. The maximum atomic E-state index is 12.7. The molecule has 0 spiro atoms. The van der Waals surface area contributed by atoms with Crippen LogP contribution in [0.3, 0.4) is 0 Å². The summed E-state index contributed by atoms with van der Waals surface area (Å²) < 4.78 is 15.9. The second kappa shape index (κ2) is 7.10. The van der Waals surface area contributed by atoms with Crippen molar-refractivity contribution in [3.05, 3.63) is 72.2 Å². The summed E-state index contributed by atoms with van der Waals surface area (Å²) in [5.41, 5.74) is 4.86. The van der Waals surface area contributed by atoms with E-state index in [2.05, 4.69) is 18.7 Å². The van der Waals surface area contributed by atoms with Crippen LogP contribution < -0.4 is 0 Å². The van der Waals surface area contributed by atoms with E-state index in [4.69, 9.17) is 4.42 Å². The predicted molar refractivity (Wildman–Crippen MR) is 109 cm³/mol. The average molecular weight is 404 g/mol. The molecule has 8 nitrogen and oxygen atoms in total. The fraction of sp³-hybridized carbons (Fsp3) is 0.150. The van der Waals surface area contributed by atoms with Gasteiger partial charge in [-0.2, -0.15) is 8.75 Å². The minimum Gasteiger partial charge on any atom is -0.446 e. The van der Waals surface area contributed by atoms with E-state index in [9.17, 15) is 4.79 Å². The highest BCUT2D eigenvalue weighted by Crippen LogP contribution is 2.17. The van der Waals surface area contributed by atoms with Gasteiger partial charge in [-0.25, -0.2) is 9.97 Å². The molecule has 2 aromatic carbocycles. The minimum absolute atomic E-state index is 0.202. The molecule has 5 aromatic rings. The number of fused-ring (bicyclic) bond motifs is 2. The fourth-order valence-corrected chi connectivity index (χ4v) is 3.75. The molecule has 0 atom stereocenters. The quantitative estimate of drug-likeness (QED) is 0.446. The summed E-state index contributed by atoms with van der Waals surface area (Å²) in [5, 5.41) is 0. The summed E-state index contributed by atoms with van der Waals surface area (Å²) in [6, 6.07) is 13.6. The summed E-state index contributed by atoms with van der Waals surface area (Å²) in [6.45, 7) is 0.853. The van der Waals surface area contributed by atoms with Gasteiger partial charge in [-0.05, 0) is 29.8 Å². The van der Waals surface area contributed by atoms with E-state index in [1.54, 1.807) is 18.3 Å². The molecule has 0 bridgehead atoms. The number of para-hydroxylation sites is 2. The molecule has 3 heterocycles. The first kappa shape index (κ1) is 17.5. The Balaban J connectivity index is 1.30. The highest BCUT2D eigenvalue weighted by molar-refractivity contribution is 7.00. The normalized spacial score (nSPS) is 11.3. The molecule has 0 saturated carbocycles. The van der Waals surface area contributed by atoms with Crippen molar-refractivity contribution in [1.29, 1.82) is 0 Å². The maximum absolute atomic E-state index is 12.7. The predicted octanol–water partition coefficient (Wildman–Crippen LogP) is 3.35. The van der Waals surface area contributed by atoms with Crippen LogP contribution in [0.2, 0.25) is 0 Å². The summed E-state index contributed by atoms with van der Waals surface area (Å²) >= 11 is 1.18.